The summed E-state index contributed by atoms with van der Waals surface area (Å²) in [6, 6.07) is 7.39. The zero-order chi connectivity index (χ0) is 26.4. The van der Waals surface area contributed by atoms with Crippen LogP contribution in [-0.2, 0) is 43.5 Å². The van der Waals surface area contributed by atoms with Crippen LogP contribution in [0, 0.1) is 0 Å². The van der Waals surface area contributed by atoms with Crippen LogP contribution in [0.25, 0.3) is 0 Å². The molecular formula is C18H22N4O10S3. The molecule has 0 radical (unpaired) electrons. The van der Waals surface area contributed by atoms with Crippen molar-refractivity contribution in [3.63, 3.8) is 0 Å². The number of nitrogens with zero attached hydrogens (tertiary/aromatic N) is 2. The Kier molecular flexibility index (Phi) is 9.04. The lowest BCUT2D eigenvalue weighted by molar-refractivity contribution is -0.114. The molecule has 4 N–H and O–H groups in total. The van der Waals surface area contributed by atoms with Gasteiger partial charge in [-0.2, -0.15) is 21.9 Å². The van der Waals surface area contributed by atoms with E-state index in [1.165, 1.54) is 37.3 Å². The standard InChI is InChI=1S/C18H22N4O10S3/c1-12(23)20-16-10-15(19)18(34(26,27)31-2)11-17(16)22-21-13-4-6-14(7-5-13)33(24,25)9-3-8-32-35(28,29)30/h4-7,10-11H,3,8-9,19H2,1-2H3,(H,20,23)(H,28,29,30). The van der Waals surface area contributed by atoms with Crippen molar-refractivity contribution in [3.05, 3.63) is 36.4 Å². The molecule has 0 saturated heterocycles. The maximum absolute atomic E-state index is 12.3. The molecule has 17 heteroatoms. The zero-order valence-electron chi connectivity index (χ0n) is 18.4. The summed E-state index contributed by atoms with van der Waals surface area (Å²) < 4.78 is 86.9. The quantitative estimate of drug-likeness (QED) is 0.121. The summed E-state index contributed by atoms with van der Waals surface area (Å²) in [5.74, 6) is -0.911. The maximum atomic E-state index is 12.3. The molecule has 2 rings (SSSR count). The van der Waals surface area contributed by atoms with Crippen molar-refractivity contribution in [1.29, 1.82) is 0 Å². The molecule has 1 amide bonds. The SMILES string of the molecule is COS(=O)(=O)c1cc(N=Nc2ccc(S(=O)(=O)CCCOS(=O)(=O)O)cc2)c(NC(C)=O)cc1N. The fourth-order valence-corrected chi connectivity index (χ4v) is 5.02. The van der Waals surface area contributed by atoms with Gasteiger partial charge in [0.25, 0.3) is 10.1 Å². The lowest BCUT2D eigenvalue weighted by Gasteiger charge is -2.11. The van der Waals surface area contributed by atoms with Gasteiger partial charge in [0.15, 0.2) is 9.84 Å². The van der Waals surface area contributed by atoms with Crippen LogP contribution in [0.5, 0.6) is 0 Å². The molecule has 0 atom stereocenters. The van der Waals surface area contributed by atoms with Crippen LogP contribution in [0.2, 0.25) is 0 Å². The van der Waals surface area contributed by atoms with Crippen molar-refractivity contribution in [2.24, 2.45) is 10.2 Å². The molecule has 0 unspecified atom stereocenters. The lowest BCUT2D eigenvalue weighted by atomic mass is 10.2. The third kappa shape index (κ3) is 8.34. The van der Waals surface area contributed by atoms with Crippen LogP contribution < -0.4 is 11.1 Å². The second kappa shape index (κ2) is 11.2. The molecule has 35 heavy (non-hydrogen) atoms. The van der Waals surface area contributed by atoms with Crippen LogP contribution in [0.1, 0.15) is 13.3 Å². The van der Waals surface area contributed by atoms with Gasteiger partial charge in [-0.1, -0.05) is 0 Å². The highest BCUT2D eigenvalue weighted by atomic mass is 32.3. The number of hydrogen-bond acceptors (Lipinski definition) is 12. The number of nitrogens with two attached hydrogens (primary N) is 1. The Bertz CT molecular complexity index is 1440. The van der Waals surface area contributed by atoms with Crippen LogP contribution in [0.3, 0.4) is 0 Å². The van der Waals surface area contributed by atoms with Crippen LogP contribution >= 0.6 is 0 Å². The van der Waals surface area contributed by atoms with E-state index in [1.807, 2.05) is 0 Å². The van der Waals surface area contributed by atoms with Crippen molar-refractivity contribution in [1.82, 2.24) is 0 Å². The van der Waals surface area contributed by atoms with Gasteiger partial charge in [0.2, 0.25) is 5.91 Å². The van der Waals surface area contributed by atoms with Crippen molar-refractivity contribution >= 4 is 59.0 Å². The Hall–Kier alpha value is -2.96. The Balaban J connectivity index is 2.28. The fraction of sp³-hybridized carbons (Fsp3) is 0.278. The number of benzene rings is 2. The predicted octanol–water partition coefficient (Wildman–Crippen LogP) is 1.96. The number of anilines is 2. The number of nitrogen functional groups attached to an aromatic ring is 1. The average Bonchev–Trinajstić information content (AvgIpc) is 2.75. The first kappa shape index (κ1) is 28.3. The summed E-state index contributed by atoms with van der Waals surface area (Å²) in [5.41, 5.74) is 5.80. The minimum atomic E-state index is -4.65. The molecule has 0 aliphatic carbocycles. The summed E-state index contributed by atoms with van der Waals surface area (Å²) in [4.78, 5) is 11.0. The first-order chi connectivity index (χ1) is 16.1. The van der Waals surface area contributed by atoms with E-state index in [9.17, 15) is 30.0 Å². The highest BCUT2D eigenvalue weighted by molar-refractivity contribution is 7.91. The summed E-state index contributed by atoms with van der Waals surface area (Å²) in [7, 11) is -11.7. The summed E-state index contributed by atoms with van der Waals surface area (Å²) >= 11 is 0. The van der Waals surface area contributed by atoms with Crippen molar-refractivity contribution in [3.8, 4) is 0 Å². The number of carbonyl (C=O) groups excluding carboxylic acids is 1. The topological polar surface area (TPSA) is 221 Å². The largest absolute Gasteiger partial charge is 0.398 e. The summed E-state index contributed by atoms with van der Waals surface area (Å²) in [5, 5.41) is 10.3. The molecule has 192 valence electrons. The Morgan fingerprint density at radius 2 is 1.69 bits per heavy atom. The second-order valence-corrected chi connectivity index (χ2v) is 11.7. The summed E-state index contributed by atoms with van der Waals surface area (Å²) in [6.07, 6.45) is -0.181. The average molecular weight is 551 g/mol. The van der Waals surface area contributed by atoms with Gasteiger partial charge in [-0.3, -0.25) is 13.5 Å². The van der Waals surface area contributed by atoms with Gasteiger partial charge in [-0.25, -0.2) is 12.6 Å². The molecule has 0 aliphatic heterocycles. The van der Waals surface area contributed by atoms with E-state index < -0.39 is 48.6 Å². The van der Waals surface area contributed by atoms with E-state index in [0.717, 1.165) is 13.2 Å². The minimum absolute atomic E-state index is 0.0550. The third-order valence-electron chi connectivity index (χ3n) is 4.19. The van der Waals surface area contributed by atoms with E-state index >= 15 is 0 Å². The fourth-order valence-electron chi connectivity index (χ4n) is 2.63. The maximum Gasteiger partial charge on any atom is 0.397 e. The van der Waals surface area contributed by atoms with Crippen molar-refractivity contribution < 1.29 is 43.0 Å². The zero-order valence-corrected chi connectivity index (χ0v) is 20.9. The lowest BCUT2D eigenvalue weighted by Crippen LogP contribution is -2.11. The number of nitrogens with one attached hydrogen (secondary N) is 1. The number of azo groups is 1. The van der Waals surface area contributed by atoms with Gasteiger partial charge in [-0.05, 0) is 42.8 Å². The monoisotopic (exact) mass is 550 g/mol. The normalized spacial score (nSPS) is 12.7. The highest BCUT2D eigenvalue weighted by Gasteiger charge is 2.20. The first-order valence-electron chi connectivity index (χ1n) is 9.53. The van der Waals surface area contributed by atoms with Crippen molar-refractivity contribution in [2.75, 3.05) is 30.5 Å². The van der Waals surface area contributed by atoms with Gasteiger partial charge in [0, 0.05) is 6.92 Å². The number of rotatable bonds is 11. The molecule has 0 aliphatic rings. The van der Waals surface area contributed by atoms with E-state index in [0.29, 0.717) is 0 Å². The summed E-state index contributed by atoms with van der Waals surface area (Å²) in [6.45, 7) is 0.717. The van der Waals surface area contributed by atoms with Gasteiger partial charge in [0.1, 0.15) is 10.6 Å². The van der Waals surface area contributed by atoms with E-state index in [2.05, 4.69) is 23.9 Å². The number of sulfone groups is 1. The van der Waals surface area contributed by atoms with Gasteiger partial charge < -0.3 is 11.1 Å². The Morgan fingerprint density at radius 1 is 1.06 bits per heavy atom. The molecule has 2 aromatic carbocycles. The smallest absolute Gasteiger partial charge is 0.397 e. The molecule has 0 heterocycles. The van der Waals surface area contributed by atoms with Crippen LogP contribution in [-0.4, -0.2) is 55.2 Å². The molecule has 0 saturated carbocycles. The molecule has 2 aromatic rings. The first-order valence-corrected chi connectivity index (χ1v) is 14.0. The van der Waals surface area contributed by atoms with Crippen LogP contribution in [0.15, 0.2) is 56.4 Å². The number of amides is 1. The van der Waals surface area contributed by atoms with Crippen molar-refractivity contribution in [2.45, 2.75) is 23.1 Å². The highest BCUT2D eigenvalue weighted by Crippen LogP contribution is 2.35. The van der Waals surface area contributed by atoms with E-state index in [4.69, 9.17) is 10.3 Å². The molecule has 0 spiro atoms. The van der Waals surface area contributed by atoms with Crippen LogP contribution in [0.4, 0.5) is 22.7 Å². The van der Waals surface area contributed by atoms with E-state index in [1.54, 1.807) is 0 Å². The number of hydrogen-bond donors (Lipinski definition) is 3. The minimum Gasteiger partial charge on any atom is -0.398 e. The molecular weight excluding hydrogens is 528 g/mol. The Labute approximate surface area is 202 Å². The molecule has 0 fully saturated rings. The second-order valence-electron chi connectivity index (χ2n) is 6.83. The van der Waals surface area contributed by atoms with Gasteiger partial charge in [0.05, 0.1) is 41.4 Å². The van der Waals surface area contributed by atoms with Gasteiger partial charge in [-0.15, -0.1) is 5.11 Å². The van der Waals surface area contributed by atoms with Gasteiger partial charge >= 0.3 is 10.4 Å². The molecule has 14 nitrogen and oxygen atoms in total. The predicted molar refractivity (Wildman–Crippen MR) is 124 cm³/mol. The third-order valence-corrected chi connectivity index (χ3v) is 7.80. The van der Waals surface area contributed by atoms with E-state index in [-0.39, 0.29) is 39.0 Å². The Morgan fingerprint density at radius 3 is 2.23 bits per heavy atom. The number of carbonyl (C=O) groups is 1. The molecule has 0 aromatic heterocycles. The molecule has 0 bridgehead atoms.